The zero-order valence-corrected chi connectivity index (χ0v) is 43.1. The Morgan fingerprint density at radius 2 is 1.05 bits per heavy atom. The molecule has 0 spiro atoms. The molecule has 0 bridgehead atoms. The molecule has 0 unspecified atom stereocenters. The van der Waals surface area contributed by atoms with E-state index in [9.17, 15) is 10.5 Å². The van der Waals surface area contributed by atoms with Gasteiger partial charge in [0.25, 0.3) is 0 Å². The molecule has 356 valence electrons. The van der Waals surface area contributed by atoms with Gasteiger partial charge in [0.15, 0.2) is 0 Å². The third kappa shape index (κ3) is 8.09. The average molecular weight is 971 g/mol. The van der Waals surface area contributed by atoms with Gasteiger partial charge >= 0.3 is 0 Å². The van der Waals surface area contributed by atoms with Gasteiger partial charge in [-0.25, -0.2) is 0 Å². The lowest BCUT2D eigenvalue weighted by Gasteiger charge is -2.32. The largest absolute Gasteiger partial charge is 0.309 e. The lowest BCUT2D eigenvalue weighted by Crippen LogP contribution is -2.17. The maximum absolute atomic E-state index is 10.3. The zero-order chi connectivity index (χ0) is 50.9. The molecule has 5 heteroatoms. The predicted octanol–water partition coefficient (Wildman–Crippen LogP) is 19.8. The molecule has 0 atom stereocenters. The molecule has 0 aliphatic heterocycles. The van der Waals surface area contributed by atoms with Crippen LogP contribution in [0, 0.1) is 22.7 Å². The van der Waals surface area contributed by atoms with E-state index < -0.39 is 0 Å². The summed E-state index contributed by atoms with van der Waals surface area (Å²) in [7, 11) is 0. The van der Waals surface area contributed by atoms with E-state index in [-0.39, 0.29) is 0 Å². The first-order valence-corrected chi connectivity index (χ1v) is 26.5. The van der Waals surface area contributed by atoms with Crippen molar-refractivity contribution in [3.8, 4) is 34.4 Å². The number of hydrogen-bond donors (Lipinski definition) is 0. The highest BCUT2D eigenvalue weighted by Gasteiger charge is 2.28. The fraction of sp³-hybridized carbons (Fsp3) is 0.101. The Balaban J connectivity index is 0.00000144. The first-order valence-electron chi connectivity index (χ1n) is 25.7. The highest BCUT2D eigenvalue weighted by atomic mass is 32.1. The fourth-order valence-electron chi connectivity index (χ4n) is 11.0. The van der Waals surface area contributed by atoms with E-state index in [1.807, 2.05) is 75.4 Å². The number of nitrogens with zero attached hydrogens (tertiary/aromatic N) is 4. The van der Waals surface area contributed by atoms with Gasteiger partial charge in [0.2, 0.25) is 0 Å². The molecule has 0 radical (unpaired) electrons. The highest BCUT2D eigenvalue weighted by Crippen LogP contribution is 2.52. The van der Waals surface area contributed by atoms with Crippen molar-refractivity contribution in [1.82, 2.24) is 0 Å². The Bertz CT molecular complexity index is 4090. The Morgan fingerprint density at radius 3 is 1.66 bits per heavy atom. The van der Waals surface area contributed by atoms with Gasteiger partial charge in [0.1, 0.15) is 0 Å². The van der Waals surface area contributed by atoms with E-state index >= 15 is 0 Å². The number of benzene rings is 9. The molecule has 3 aliphatic carbocycles. The smallest absolute Gasteiger partial charge is 0.0991 e. The normalized spacial score (nSPS) is 15.1. The molecule has 0 N–H and O–H groups in total. The van der Waals surface area contributed by atoms with E-state index in [0.29, 0.717) is 11.1 Å². The number of anilines is 5. The molecule has 4 nitrogen and oxygen atoms in total. The summed E-state index contributed by atoms with van der Waals surface area (Å²) in [5.41, 5.74) is 16.6. The molecular weight excluding hydrogens is 917 g/mol. The van der Waals surface area contributed by atoms with Crippen molar-refractivity contribution in [2.45, 2.75) is 47.5 Å². The molecule has 0 saturated heterocycles. The average Bonchev–Trinajstić information content (AvgIpc) is 4.24. The SMILES string of the molecule is CC.CC.C\C1=C/C=C\C(N(c2ccc(C#N)cc2-c2ccccc2)c2ccc3ccc4c(N(c5ccc(C#N)cc5-c5ccccc5)c5cccc6c7c(sc56)CC=C7)ccc5ccc2c3c54)=C/C2=C1C=CC2. The third-order valence-electron chi connectivity index (χ3n) is 14.2. The summed E-state index contributed by atoms with van der Waals surface area (Å²) >= 11 is 1.88. The van der Waals surface area contributed by atoms with Gasteiger partial charge in [-0.1, -0.05) is 173 Å². The molecule has 0 fully saturated rings. The summed E-state index contributed by atoms with van der Waals surface area (Å²) in [5.74, 6) is 0. The molecule has 74 heavy (non-hydrogen) atoms. The van der Waals surface area contributed by atoms with E-state index in [1.54, 1.807) is 0 Å². The van der Waals surface area contributed by atoms with Crippen LogP contribution < -0.4 is 9.80 Å². The van der Waals surface area contributed by atoms with Gasteiger partial charge in [0, 0.05) is 44.3 Å². The van der Waals surface area contributed by atoms with Gasteiger partial charge in [-0.15, -0.1) is 11.3 Å². The summed E-state index contributed by atoms with van der Waals surface area (Å²) in [4.78, 5) is 6.24. The van der Waals surface area contributed by atoms with Crippen molar-refractivity contribution in [1.29, 1.82) is 10.5 Å². The van der Waals surface area contributed by atoms with Crippen LogP contribution in [0.25, 0.3) is 70.7 Å². The minimum absolute atomic E-state index is 0.609. The van der Waals surface area contributed by atoms with Crippen LogP contribution in [0.3, 0.4) is 0 Å². The van der Waals surface area contributed by atoms with Gasteiger partial charge in [-0.3, -0.25) is 0 Å². The lowest BCUT2D eigenvalue weighted by atomic mass is 9.91. The van der Waals surface area contributed by atoms with Gasteiger partial charge < -0.3 is 9.80 Å². The Kier molecular flexibility index (Phi) is 13.0. The van der Waals surface area contributed by atoms with Crippen LogP contribution in [0.15, 0.2) is 229 Å². The highest BCUT2D eigenvalue weighted by molar-refractivity contribution is 7.20. The second kappa shape index (κ2) is 20.2. The molecule has 9 aromatic carbocycles. The van der Waals surface area contributed by atoms with Crippen LogP contribution >= 0.6 is 11.3 Å². The Hall–Kier alpha value is -9.00. The molecule has 10 aromatic rings. The molecule has 13 rings (SSSR count). The summed E-state index contributed by atoms with van der Waals surface area (Å²) < 4.78 is 1.24. The van der Waals surface area contributed by atoms with Gasteiger partial charge in [-0.05, 0) is 135 Å². The number of rotatable bonds is 8. The molecule has 0 amide bonds. The van der Waals surface area contributed by atoms with Crippen molar-refractivity contribution in [2.75, 3.05) is 9.80 Å². The zero-order valence-electron chi connectivity index (χ0n) is 42.3. The van der Waals surface area contributed by atoms with Crippen molar-refractivity contribution in [3.63, 3.8) is 0 Å². The number of allylic oxidation sites excluding steroid dienone is 10. The van der Waals surface area contributed by atoms with E-state index in [4.69, 9.17) is 0 Å². The number of hydrogen-bond acceptors (Lipinski definition) is 5. The molecule has 0 saturated carbocycles. The number of fused-ring (bicyclic) bond motifs is 3. The summed E-state index contributed by atoms with van der Waals surface area (Å²) in [6.45, 7) is 10.2. The van der Waals surface area contributed by atoms with Crippen LogP contribution in [0.2, 0.25) is 0 Å². The summed E-state index contributed by atoms with van der Waals surface area (Å²) in [5, 5.41) is 28.7. The molecule has 3 aliphatic rings. The first-order chi connectivity index (χ1) is 36.5. The number of thiophene rings is 1. The maximum Gasteiger partial charge on any atom is 0.0991 e. The van der Waals surface area contributed by atoms with Crippen molar-refractivity contribution in [3.05, 3.63) is 250 Å². The summed E-state index contributed by atoms with van der Waals surface area (Å²) in [6, 6.07) is 62.9. The topological polar surface area (TPSA) is 54.1 Å². The molecular formula is C69H54N4S. The summed E-state index contributed by atoms with van der Waals surface area (Å²) in [6.07, 6.45) is 19.8. The van der Waals surface area contributed by atoms with E-state index in [1.165, 1.54) is 48.0 Å². The second-order valence-electron chi connectivity index (χ2n) is 18.2. The number of nitriles is 2. The van der Waals surface area contributed by atoms with Gasteiger partial charge in [-0.2, -0.15) is 10.5 Å². The van der Waals surface area contributed by atoms with E-state index in [0.717, 1.165) is 90.8 Å². The van der Waals surface area contributed by atoms with Crippen LogP contribution in [-0.2, 0) is 6.42 Å². The predicted molar refractivity (Wildman–Crippen MR) is 316 cm³/mol. The lowest BCUT2D eigenvalue weighted by molar-refractivity contribution is 1.18. The van der Waals surface area contributed by atoms with Crippen LogP contribution in [0.5, 0.6) is 0 Å². The van der Waals surface area contributed by atoms with E-state index in [2.05, 4.69) is 205 Å². The molecule has 1 heterocycles. The monoisotopic (exact) mass is 970 g/mol. The van der Waals surface area contributed by atoms with Crippen molar-refractivity contribution in [2.24, 2.45) is 0 Å². The van der Waals surface area contributed by atoms with Crippen LogP contribution in [0.1, 0.15) is 62.6 Å². The maximum atomic E-state index is 10.3. The minimum atomic E-state index is 0.609. The Labute approximate surface area is 438 Å². The minimum Gasteiger partial charge on any atom is -0.309 e. The van der Waals surface area contributed by atoms with Crippen LogP contribution in [-0.4, -0.2) is 0 Å². The fourth-order valence-corrected chi connectivity index (χ4v) is 12.3. The Morgan fingerprint density at radius 1 is 0.500 bits per heavy atom. The standard InChI is InChI=1S/C65H42N4S.2C2H6/c1-41-12-8-18-49(38-48-17-9-19-50(41)48)68(59-32-24-42(39-66)36-55(59)44-13-4-2-5-14-44)57-34-28-46-27-31-54-58(35-29-47-26-30-53(57)63(46)64(47)54)69(61-22-10-21-52-51-20-11-23-62(51)70-65(52)61)60-33-25-43(40-67)37-56(60)45-15-6-3-7-16-45;2*1-2/h2-16,18-22,24-38H,17,23H2,1H3;2*1-2H3/b12-8?,18-8-,41-12+,48-38?,49-18?,49-38+,50-41?;;. The quantitative estimate of drug-likeness (QED) is 0.142. The van der Waals surface area contributed by atoms with Crippen molar-refractivity contribution >= 4 is 88.3 Å². The van der Waals surface area contributed by atoms with Gasteiger partial charge in [0.05, 0.1) is 56.4 Å². The van der Waals surface area contributed by atoms with Crippen molar-refractivity contribution < 1.29 is 0 Å². The van der Waals surface area contributed by atoms with Crippen LogP contribution in [0.4, 0.5) is 28.4 Å². The first kappa shape index (κ1) is 47.3. The second-order valence-corrected chi connectivity index (χ2v) is 19.3. The third-order valence-corrected chi connectivity index (χ3v) is 15.5. The molecule has 1 aromatic heterocycles.